The van der Waals surface area contributed by atoms with Gasteiger partial charge in [0.25, 0.3) is 11.9 Å². The molecule has 3 N–H and O–H groups in total. The largest absolute Gasteiger partial charge is 0.371 e. The van der Waals surface area contributed by atoms with Crippen LogP contribution in [-0.2, 0) is 4.79 Å². The molecule has 0 saturated carbocycles. The van der Waals surface area contributed by atoms with E-state index in [4.69, 9.17) is 0 Å². The maximum Gasteiger partial charge on any atom is 0.253 e. The smallest absolute Gasteiger partial charge is 0.253 e. The molecule has 8 heteroatoms. The number of carbonyl (C=O) groups is 1. The van der Waals surface area contributed by atoms with Crippen molar-refractivity contribution in [2.24, 2.45) is 5.73 Å². The number of amides is 1. The van der Waals surface area contributed by atoms with Gasteiger partial charge in [-0.3, -0.25) is 4.79 Å². The van der Waals surface area contributed by atoms with Crippen molar-refractivity contribution in [2.45, 2.75) is 0 Å². The number of nitrogens with zero attached hydrogens (tertiary/aromatic N) is 1. The minimum atomic E-state index is -1.80. The molecule has 1 heterocycles. The van der Waals surface area contributed by atoms with Crippen LogP contribution in [0.1, 0.15) is 0 Å². The summed E-state index contributed by atoms with van der Waals surface area (Å²) >= 11 is 0. The maximum absolute atomic E-state index is 12.8. The average molecular weight is 223 g/mol. The summed E-state index contributed by atoms with van der Waals surface area (Å²) in [6.45, 7) is -0.656. The molecule has 0 aliphatic heterocycles. The van der Waals surface area contributed by atoms with Gasteiger partial charge in [-0.2, -0.15) is 22.5 Å². The normalized spacial score (nSPS) is 10.1. The lowest BCUT2D eigenvalue weighted by molar-refractivity contribution is -0.116. The van der Waals surface area contributed by atoms with Gasteiger partial charge in [0.1, 0.15) is 5.69 Å². The second-order valence-electron chi connectivity index (χ2n) is 2.52. The van der Waals surface area contributed by atoms with Gasteiger partial charge in [0.15, 0.2) is 0 Å². The topological polar surface area (TPSA) is 68.0 Å². The van der Waals surface area contributed by atoms with E-state index in [2.05, 4.69) is 10.7 Å². The summed E-state index contributed by atoms with van der Waals surface area (Å²) in [4.78, 5) is 12.6. The van der Waals surface area contributed by atoms with E-state index in [1.165, 1.54) is 0 Å². The van der Waals surface area contributed by atoms with Crippen LogP contribution < -0.4 is 11.1 Å². The molecule has 0 fully saturated rings. The highest BCUT2D eigenvalue weighted by molar-refractivity contribution is 5.78. The monoisotopic (exact) mass is 223 g/mol. The van der Waals surface area contributed by atoms with Crippen molar-refractivity contribution in [3.05, 3.63) is 23.5 Å². The van der Waals surface area contributed by atoms with Gasteiger partial charge in [-0.15, -0.1) is 0 Å². The van der Waals surface area contributed by atoms with Gasteiger partial charge in [-0.05, 0) is 0 Å². The number of aromatic nitrogens is 1. The molecule has 0 radical (unpaired) electrons. The molecule has 0 aliphatic rings. The highest BCUT2D eigenvalue weighted by Crippen LogP contribution is 2.21. The molecule has 4 nitrogen and oxygen atoms in total. The zero-order valence-electron chi connectivity index (χ0n) is 7.15. The minimum absolute atomic E-state index is 0.656. The fourth-order valence-corrected chi connectivity index (χ4v) is 0.818. The molecule has 0 saturated heterocycles. The Balaban J connectivity index is 3.09. The first-order valence-electron chi connectivity index (χ1n) is 3.65. The highest BCUT2D eigenvalue weighted by atomic mass is 19.2. The van der Waals surface area contributed by atoms with Crippen LogP contribution in [0.4, 0.5) is 23.2 Å². The molecule has 1 aromatic heterocycles. The van der Waals surface area contributed by atoms with Crippen LogP contribution in [0.2, 0.25) is 0 Å². The van der Waals surface area contributed by atoms with Crippen LogP contribution in [-0.4, -0.2) is 17.4 Å². The van der Waals surface area contributed by atoms with E-state index >= 15 is 0 Å². The SMILES string of the molecule is NC(=O)CNc1c(F)c(F)nc(F)c1F. The third kappa shape index (κ3) is 2.33. The molecule has 0 aliphatic carbocycles. The van der Waals surface area contributed by atoms with E-state index in [0.717, 1.165) is 0 Å². The third-order valence-corrected chi connectivity index (χ3v) is 1.44. The number of anilines is 1. The van der Waals surface area contributed by atoms with E-state index in [1.807, 2.05) is 5.32 Å². The van der Waals surface area contributed by atoms with Crippen LogP contribution in [0, 0.1) is 23.5 Å². The molecule has 0 spiro atoms. The standard InChI is InChI=1S/C7H5F4N3O/c8-3-5(13-1-2(12)15)4(9)7(11)14-6(3)10/h1H2,(H2,12,15)(H,13,14). The number of rotatable bonds is 3. The molecule has 1 rings (SSSR count). The fraction of sp³-hybridized carbons (Fsp3) is 0.143. The second kappa shape index (κ2) is 4.11. The van der Waals surface area contributed by atoms with Gasteiger partial charge in [-0.1, -0.05) is 0 Å². The molecule has 15 heavy (non-hydrogen) atoms. The molecular weight excluding hydrogens is 218 g/mol. The zero-order valence-corrected chi connectivity index (χ0v) is 7.15. The first-order chi connectivity index (χ1) is 6.93. The van der Waals surface area contributed by atoms with Crippen molar-refractivity contribution >= 4 is 11.6 Å². The number of hydrogen-bond acceptors (Lipinski definition) is 3. The molecule has 0 aromatic carbocycles. The molecular formula is C7H5F4N3O. The number of nitrogens with two attached hydrogens (primary N) is 1. The van der Waals surface area contributed by atoms with Crippen molar-refractivity contribution in [3.8, 4) is 0 Å². The molecule has 1 aromatic rings. The zero-order chi connectivity index (χ0) is 11.6. The van der Waals surface area contributed by atoms with Crippen molar-refractivity contribution in [1.29, 1.82) is 0 Å². The number of hydrogen-bond donors (Lipinski definition) is 2. The number of nitrogens with one attached hydrogen (secondary N) is 1. The van der Waals surface area contributed by atoms with Gasteiger partial charge in [-0.25, -0.2) is 0 Å². The van der Waals surface area contributed by atoms with E-state index in [1.54, 1.807) is 0 Å². The van der Waals surface area contributed by atoms with Crippen LogP contribution >= 0.6 is 0 Å². The Morgan fingerprint density at radius 2 is 1.67 bits per heavy atom. The Labute approximate surface area is 81.1 Å². The predicted molar refractivity (Wildman–Crippen MR) is 41.8 cm³/mol. The van der Waals surface area contributed by atoms with Crippen molar-refractivity contribution in [2.75, 3.05) is 11.9 Å². The predicted octanol–water partition coefficient (Wildman–Crippen LogP) is 0.535. The van der Waals surface area contributed by atoms with Crippen LogP contribution in [0.15, 0.2) is 0 Å². The van der Waals surface area contributed by atoms with Crippen LogP contribution in [0.3, 0.4) is 0 Å². The quantitative estimate of drug-likeness (QED) is 0.580. The molecule has 82 valence electrons. The van der Waals surface area contributed by atoms with Crippen molar-refractivity contribution < 1.29 is 22.4 Å². The summed E-state index contributed by atoms with van der Waals surface area (Å²) < 4.78 is 50.7. The molecule has 1 amide bonds. The van der Waals surface area contributed by atoms with Gasteiger partial charge in [0.2, 0.25) is 17.5 Å². The Morgan fingerprint density at radius 3 is 2.07 bits per heavy atom. The molecule has 0 unspecified atom stereocenters. The number of primary amides is 1. The van der Waals surface area contributed by atoms with Gasteiger partial charge in [0, 0.05) is 0 Å². The summed E-state index contributed by atoms with van der Waals surface area (Å²) in [5, 5.41) is 1.82. The lowest BCUT2D eigenvalue weighted by Gasteiger charge is -2.06. The van der Waals surface area contributed by atoms with E-state index in [0.29, 0.717) is 0 Å². The van der Waals surface area contributed by atoms with Crippen molar-refractivity contribution in [1.82, 2.24) is 4.98 Å². The first-order valence-corrected chi connectivity index (χ1v) is 3.65. The Morgan fingerprint density at radius 1 is 1.20 bits per heavy atom. The minimum Gasteiger partial charge on any atom is -0.371 e. The van der Waals surface area contributed by atoms with Gasteiger partial charge in [0.05, 0.1) is 6.54 Å². The number of pyridine rings is 1. The van der Waals surface area contributed by atoms with Crippen LogP contribution in [0.5, 0.6) is 0 Å². The van der Waals surface area contributed by atoms with E-state index < -0.39 is 41.7 Å². The highest BCUT2D eigenvalue weighted by Gasteiger charge is 2.20. The number of halogens is 4. The summed E-state index contributed by atoms with van der Waals surface area (Å²) in [5.41, 5.74) is 3.55. The van der Waals surface area contributed by atoms with Gasteiger partial charge >= 0.3 is 0 Å². The fourth-order valence-electron chi connectivity index (χ4n) is 0.818. The summed E-state index contributed by atoms with van der Waals surface area (Å²) in [5.74, 6) is -7.97. The molecule has 0 atom stereocenters. The summed E-state index contributed by atoms with van der Waals surface area (Å²) in [6, 6.07) is 0. The Hall–Kier alpha value is -1.86. The maximum atomic E-state index is 12.8. The van der Waals surface area contributed by atoms with E-state index in [-0.39, 0.29) is 0 Å². The van der Waals surface area contributed by atoms with E-state index in [9.17, 15) is 22.4 Å². The average Bonchev–Trinajstić information content (AvgIpc) is 2.14. The lowest BCUT2D eigenvalue weighted by atomic mass is 10.3. The summed E-state index contributed by atoms with van der Waals surface area (Å²) in [7, 11) is 0. The Kier molecular flexibility index (Phi) is 3.08. The first kappa shape index (κ1) is 11.2. The number of carbonyl (C=O) groups excluding carboxylic acids is 1. The molecule has 0 bridgehead atoms. The third-order valence-electron chi connectivity index (χ3n) is 1.44. The second-order valence-corrected chi connectivity index (χ2v) is 2.52. The van der Waals surface area contributed by atoms with Crippen LogP contribution in [0.25, 0.3) is 0 Å². The lowest BCUT2D eigenvalue weighted by Crippen LogP contribution is -2.23. The summed E-state index contributed by atoms with van der Waals surface area (Å²) in [6.07, 6.45) is 0. The van der Waals surface area contributed by atoms with Crippen molar-refractivity contribution in [3.63, 3.8) is 0 Å². The van der Waals surface area contributed by atoms with Gasteiger partial charge < -0.3 is 11.1 Å². The Bertz CT molecular complexity index is 383.